The zero-order valence-electron chi connectivity index (χ0n) is 17.6. The summed E-state index contributed by atoms with van der Waals surface area (Å²) in [6.45, 7) is 13.9. The fourth-order valence-corrected chi connectivity index (χ4v) is 3.50. The van der Waals surface area contributed by atoms with Crippen molar-refractivity contribution < 1.29 is 9.59 Å². The Hall–Kier alpha value is -2.04. The number of rotatable bonds is 5. The molecule has 1 aromatic rings. The van der Waals surface area contributed by atoms with E-state index in [1.807, 2.05) is 13.8 Å². The van der Waals surface area contributed by atoms with Crippen LogP contribution in [-0.4, -0.2) is 37.0 Å². The third-order valence-corrected chi connectivity index (χ3v) is 5.25. The van der Waals surface area contributed by atoms with Gasteiger partial charge in [0.25, 0.3) is 0 Å². The summed E-state index contributed by atoms with van der Waals surface area (Å²) in [4.78, 5) is 26.3. The Bertz CT molecular complexity index is 639. The van der Waals surface area contributed by atoms with Crippen molar-refractivity contribution in [1.29, 1.82) is 0 Å². The Kier molecular flexibility index (Phi) is 6.90. The van der Waals surface area contributed by atoms with Gasteiger partial charge in [-0.2, -0.15) is 0 Å². The van der Waals surface area contributed by atoms with Gasteiger partial charge in [-0.25, -0.2) is 0 Å². The van der Waals surface area contributed by atoms with Gasteiger partial charge in [0.05, 0.1) is 0 Å². The molecule has 1 aliphatic heterocycles. The van der Waals surface area contributed by atoms with Crippen molar-refractivity contribution >= 4 is 17.5 Å². The van der Waals surface area contributed by atoms with Crippen molar-refractivity contribution in [2.45, 2.75) is 71.9 Å². The summed E-state index contributed by atoms with van der Waals surface area (Å²) in [7, 11) is 0. The highest BCUT2D eigenvalue weighted by Gasteiger charge is 2.27. The molecule has 0 aromatic heterocycles. The molecule has 0 radical (unpaired) electrons. The van der Waals surface area contributed by atoms with E-state index in [0.29, 0.717) is 0 Å². The maximum Gasteiger partial charge on any atom is 0.243 e. The molecule has 5 heteroatoms. The van der Waals surface area contributed by atoms with E-state index < -0.39 is 6.04 Å². The standard InChI is InChI=1S/C22H35N3O2/c1-15(2)20(23-16(3)26)21(27)24-18-11-13-25(14-12-18)19-9-7-17(8-10-19)22(4,5)6/h7-10,15,18,20H,11-14H2,1-6H3,(H,23,26)(H,24,27). The molecule has 5 nitrogen and oxygen atoms in total. The number of benzene rings is 1. The number of amides is 2. The highest BCUT2D eigenvalue weighted by molar-refractivity contribution is 5.87. The van der Waals surface area contributed by atoms with Gasteiger partial charge in [0.15, 0.2) is 0 Å². The van der Waals surface area contributed by atoms with E-state index in [1.165, 1.54) is 18.2 Å². The minimum absolute atomic E-state index is 0.0651. The number of hydrogen-bond acceptors (Lipinski definition) is 3. The maximum absolute atomic E-state index is 12.5. The average molecular weight is 374 g/mol. The van der Waals surface area contributed by atoms with Gasteiger partial charge in [-0.05, 0) is 41.9 Å². The van der Waals surface area contributed by atoms with Crippen LogP contribution >= 0.6 is 0 Å². The summed E-state index contributed by atoms with van der Waals surface area (Å²) in [5, 5.41) is 5.89. The first-order valence-corrected chi connectivity index (χ1v) is 10.0. The van der Waals surface area contributed by atoms with Gasteiger partial charge in [-0.15, -0.1) is 0 Å². The van der Waals surface area contributed by atoms with E-state index >= 15 is 0 Å². The van der Waals surface area contributed by atoms with Crippen molar-refractivity contribution in [1.82, 2.24) is 10.6 Å². The van der Waals surface area contributed by atoms with E-state index in [0.717, 1.165) is 25.9 Å². The number of anilines is 1. The lowest BCUT2D eigenvalue weighted by atomic mass is 9.87. The second-order valence-corrected chi connectivity index (χ2v) is 8.99. The Balaban J connectivity index is 1.89. The quantitative estimate of drug-likeness (QED) is 0.833. The Morgan fingerprint density at radius 2 is 1.63 bits per heavy atom. The summed E-state index contributed by atoms with van der Waals surface area (Å²) < 4.78 is 0. The molecule has 2 rings (SSSR count). The van der Waals surface area contributed by atoms with Crippen LogP contribution in [-0.2, 0) is 15.0 Å². The van der Waals surface area contributed by atoms with E-state index in [2.05, 4.69) is 60.6 Å². The molecule has 150 valence electrons. The smallest absolute Gasteiger partial charge is 0.243 e. The third-order valence-electron chi connectivity index (χ3n) is 5.25. The second kappa shape index (κ2) is 8.77. The monoisotopic (exact) mass is 373 g/mol. The summed E-state index contributed by atoms with van der Waals surface area (Å²) >= 11 is 0. The molecule has 0 aliphatic carbocycles. The lowest BCUT2D eigenvalue weighted by Gasteiger charge is -2.35. The summed E-state index contributed by atoms with van der Waals surface area (Å²) in [5.74, 6) is -0.180. The molecule has 1 saturated heterocycles. The van der Waals surface area contributed by atoms with Crippen LogP contribution < -0.4 is 15.5 Å². The van der Waals surface area contributed by atoms with Gasteiger partial charge in [-0.3, -0.25) is 9.59 Å². The molecule has 0 bridgehead atoms. The molecule has 2 amide bonds. The normalized spacial score (nSPS) is 16.9. The fourth-order valence-electron chi connectivity index (χ4n) is 3.50. The first-order valence-electron chi connectivity index (χ1n) is 10.0. The molecule has 1 aliphatic rings. The van der Waals surface area contributed by atoms with E-state index in [4.69, 9.17) is 0 Å². The minimum Gasteiger partial charge on any atom is -0.371 e. The van der Waals surface area contributed by atoms with Crippen LogP contribution in [0.3, 0.4) is 0 Å². The molecule has 27 heavy (non-hydrogen) atoms. The van der Waals surface area contributed by atoms with Gasteiger partial charge < -0.3 is 15.5 Å². The summed E-state index contributed by atoms with van der Waals surface area (Å²) in [5.41, 5.74) is 2.74. The van der Waals surface area contributed by atoms with Gasteiger partial charge in [0.2, 0.25) is 11.8 Å². The Morgan fingerprint density at radius 3 is 2.07 bits per heavy atom. The number of hydrogen-bond donors (Lipinski definition) is 2. The summed E-state index contributed by atoms with van der Waals surface area (Å²) in [6, 6.07) is 8.52. The fraction of sp³-hybridized carbons (Fsp3) is 0.636. The number of nitrogens with one attached hydrogen (secondary N) is 2. The van der Waals surface area contributed by atoms with Gasteiger partial charge in [0, 0.05) is 31.7 Å². The first-order chi connectivity index (χ1) is 12.6. The molecular formula is C22H35N3O2. The number of piperidine rings is 1. The molecule has 1 unspecified atom stereocenters. The molecule has 0 spiro atoms. The summed E-state index contributed by atoms with van der Waals surface area (Å²) in [6.07, 6.45) is 1.83. The van der Waals surface area contributed by atoms with Crippen LogP contribution in [0.15, 0.2) is 24.3 Å². The molecule has 1 heterocycles. The van der Waals surface area contributed by atoms with Crippen molar-refractivity contribution in [3.8, 4) is 0 Å². The Labute approximate surface area is 163 Å². The first kappa shape index (κ1) is 21.3. The van der Waals surface area contributed by atoms with Crippen LogP contribution in [0.5, 0.6) is 0 Å². The van der Waals surface area contributed by atoms with E-state index in [-0.39, 0.29) is 29.2 Å². The topological polar surface area (TPSA) is 61.4 Å². The van der Waals surface area contributed by atoms with Crippen molar-refractivity contribution in [3.05, 3.63) is 29.8 Å². The molecule has 0 saturated carbocycles. The molecule has 2 N–H and O–H groups in total. The predicted octanol–water partition coefficient (Wildman–Crippen LogP) is 3.23. The van der Waals surface area contributed by atoms with Crippen LogP contribution in [0.1, 0.15) is 59.9 Å². The largest absolute Gasteiger partial charge is 0.371 e. The highest BCUT2D eigenvalue weighted by Crippen LogP contribution is 2.26. The van der Waals surface area contributed by atoms with Crippen molar-refractivity contribution in [2.75, 3.05) is 18.0 Å². The van der Waals surface area contributed by atoms with E-state index in [1.54, 1.807) is 0 Å². The second-order valence-electron chi connectivity index (χ2n) is 8.99. The van der Waals surface area contributed by atoms with Crippen molar-refractivity contribution in [3.63, 3.8) is 0 Å². The van der Waals surface area contributed by atoms with Gasteiger partial charge in [0.1, 0.15) is 6.04 Å². The lowest BCUT2D eigenvalue weighted by Crippen LogP contribution is -2.53. The average Bonchev–Trinajstić information content (AvgIpc) is 2.59. The van der Waals surface area contributed by atoms with Crippen LogP contribution in [0.25, 0.3) is 0 Å². The lowest BCUT2D eigenvalue weighted by molar-refractivity contribution is -0.129. The highest BCUT2D eigenvalue weighted by atomic mass is 16.2. The zero-order valence-corrected chi connectivity index (χ0v) is 17.6. The SMILES string of the molecule is CC(=O)NC(C(=O)NC1CCN(c2ccc(C(C)(C)C)cc2)CC1)C(C)C. The van der Waals surface area contributed by atoms with Crippen LogP contribution in [0.2, 0.25) is 0 Å². The zero-order chi connectivity index (χ0) is 20.2. The molecule has 1 atom stereocenters. The van der Waals surface area contributed by atoms with Gasteiger partial charge >= 0.3 is 0 Å². The maximum atomic E-state index is 12.5. The number of carbonyl (C=O) groups is 2. The molecule has 1 fully saturated rings. The van der Waals surface area contributed by atoms with Crippen molar-refractivity contribution in [2.24, 2.45) is 5.92 Å². The predicted molar refractivity (Wildman–Crippen MR) is 111 cm³/mol. The van der Waals surface area contributed by atoms with Crippen LogP contribution in [0, 0.1) is 5.92 Å². The van der Waals surface area contributed by atoms with Gasteiger partial charge in [-0.1, -0.05) is 46.8 Å². The molecule has 1 aromatic carbocycles. The number of nitrogens with zero attached hydrogens (tertiary/aromatic N) is 1. The Morgan fingerprint density at radius 1 is 1.07 bits per heavy atom. The van der Waals surface area contributed by atoms with Crippen LogP contribution in [0.4, 0.5) is 5.69 Å². The third kappa shape index (κ3) is 5.98. The van der Waals surface area contributed by atoms with E-state index in [9.17, 15) is 9.59 Å². The number of carbonyl (C=O) groups excluding carboxylic acids is 2. The minimum atomic E-state index is -0.467. The molecular weight excluding hydrogens is 338 g/mol.